The van der Waals surface area contributed by atoms with Crippen LogP contribution in [0.1, 0.15) is 12.0 Å². The smallest absolute Gasteiger partial charge is 0.233 e. The van der Waals surface area contributed by atoms with Crippen LogP contribution in [-0.4, -0.2) is 18.9 Å². The summed E-state index contributed by atoms with van der Waals surface area (Å²) in [6.45, 7) is 1.90. The number of carbonyl (C=O) groups excluding carboxylic acids is 2. The number of rotatable bonds is 5. The molecule has 0 unspecified atom stereocenters. The minimum Gasteiger partial charge on any atom is -0.495 e. The highest BCUT2D eigenvalue weighted by Crippen LogP contribution is 2.25. The Labute approximate surface area is 139 Å². The zero-order valence-electron chi connectivity index (χ0n) is 12.9. The molecule has 0 aromatic heterocycles. The van der Waals surface area contributed by atoms with Gasteiger partial charge in [0.2, 0.25) is 11.8 Å². The van der Waals surface area contributed by atoms with Gasteiger partial charge in [-0.3, -0.25) is 9.59 Å². The van der Waals surface area contributed by atoms with E-state index in [0.29, 0.717) is 22.1 Å². The molecule has 0 saturated heterocycles. The van der Waals surface area contributed by atoms with Gasteiger partial charge < -0.3 is 15.4 Å². The Morgan fingerprint density at radius 3 is 2.52 bits per heavy atom. The van der Waals surface area contributed by atoms with E-state index in [-0.39, 0.29) is 6.42 Å². The van der Waals surface area contributed by atoms with Crippen molar-refractivity contribution in [2.24, 2.45) is 0 Å². The Kier molecular flexibility index (Phi) is 5.60. The summed E-state index contributed by atoms with van der Waals surface area (Å²) in [4.78, 5) is 23.9. The van der Waals surface area contributed by atoms with Gasteiger partial charge in [-0.2, -0.15) is 0 Å². The molecule has 0 radical (unpaired) electrons. The van der Waals surface area contributed by atoms with Gasteiger partial charge in [0.1, 0.15) is 12.2 Å². The summed E-state index contributed by atoms with van der Waals surface area (Å²) in [6.07, 6.45) is -0.302. The standard InChI is InChI=1S/C17H17ClN2O3/c1-11-6-7-15(23-2)14(8-11)20-17(22)10-16(21)19-13-5-3-4-12(18)9-13/h3-9H,10H2,1-2H3,(H,19,21)(H,20,22). The summed E-state index contributed by atoms with van der Waals surface area (Å²) in [5, 5.41) is 5.81. The molecule has 0 spiro atoms. The molecule has 2 N–H and O–H groups in total. The monoisotopic (exact) mass is 332 g/mol. The largest absolute Gasteiger partial charge is 0.495 e. The van der Waals surface area contributed by atoms with E-state index in [0.717, 1.165) is 5.56 Å². The minimum atomic E-state index is -0.423. The summed E-state index contributed by atoms with van der Waals surface area (Å²) in [7, 11) is 1.52. The zero-order chi connectivity index (χ0) is 16.8. The van der Waals surface area contributed by atoms with Gasteiger partial charge in [0, 0.05) is 10.7 Å². The molecule has 0 aliphatic heterocycles. The molecule has 0 aliphatic rings. The summed E-state index contributed by atoms with van der Waals surface area (Å²) in [5.74, 6) is -0.302. The van der Waals surface area contributed by atoms with Crippen molar-refractivity contribution >= 4 is 34.8 Å². The maximum atomic E-state index is 12.0. The predicted molar refractivity (Wildman–Crippen MR) is 91.1 cm³/mol. The molecule has 2 aromatic carbocycles. The highest BCUT2D eigenvalue weighted by molar-refractivity contribution is 6.30. The first-order chi connectivity index (χ1) is 11.0. The van der Waals surface area contributed by atoms with Crippen LogP contribution in [0.2, 0.25) is 5.02 Å². The van der Waals surface area contributed by atoms with Gasteiger partial charge in [-0.25, -0.2) is 0 Å². The van der Waals surface area contributed by atoms with Gasteiger partial charge in [-0.05, 0) is 42.8 Å². The van der Waals surface area contributed by atoms with Crippen LogP contribution >= 0.6 is 11.6 Å². The highest BCUT2D eigenvalue weighted by atomic mass is 35.5. The molecular formula is C17H17ClN2O3. The van der Waals surface area contributed by atoms with Gasteiger partial charge in [-0.1, -0.05) is 23.7 Å². The summed E-state index contributed by atoms with van der Waals surface area (Å²) >= 11 is 5.85. The second kappa shape index (κ2) is 7.65. The number of halogens is 1. The SMILES string of the molecule is COc1ccc(C)cc1NC(=O)CC(=O)Nc1cccc(Cl)c1. The fraction of sp³-hybridized carbons (Fsp3) is 0.176. The van der Waals surface area contributed by atoms with E-state index in [4.69, 9.17) is 16.3 Å². The molecule has 23 heavy (non-hydrogen) atoms. The first-order valence-electron chi connectivity index (χ1n) is 6.98. The maximum Gasteiger partial charge on any atom is 0.233 e. The molecule has 120 valence electrons. The first kappa shape index (κ1) is 16.8. The van der Waals surface area contributed by atoms with E-state index in [1.165, 1.54) is 7.11 Å². The van der Waals surface area contributed by atoms with Crippen molar-refractivity contribution in [2.45, 2.75) is 13.3 Å². The Morgan fingerprint density at radius 1 is 1.09 bits per heavy atom. The van der Waals surface area contributed by atoms with Crippen LogP contribution in [0.15, 0.2) is 42.5 Å². The van der Waals surface area contributed by atoms with Gasteiger partial charge in [-0.15, -0.1) is 0 Å². The minimum absolute atomic E-state index is 0.302. The van der Waals surface area contributed by atoms with Crippen LogP contribution in [-0.2, 0) is 9.59 Å². The third kappa shape index (κ3) is 5.00. The fourth-order valence-corrected chi connectivity index (χ4v) is 2.22. The van der Waals surface area contributed by atoms with Gasteiger partial charge in [0.05, 0.1) is 12.8 Å². The molecule has 5 nitrogen and oxygen atoms in total. The second-order valence-corrected chi connectivity index (χ2v) is 5.42. The summed E-state index contributed by atoms with van der Waals surface area (Å²) in [5.41, 5.74) is 2.06. The topological polar surface area (TPSA) is 67.4 Å². The highest BCUT2D eigenvalue weighted by Gasteiger charge is 2.12. The fourth-order valence-electron chi connectivity index (χ4n) is 2.03. The molecular weight excluding hydrogens is 316 g/mol. The normalized spacial score (nSPS) is 10.0. The number of aryl methyl sites for hydroxylation is 1. The van der Waals surface area contributed by atoms with Crippen LogP contribution in [0.25, 0.3) is 0 Å². The first-order valence-corrected chi connectivity index (χ1v) is 7.35. The van der Waals surface area contributed by atoms with Gasteiger partial charge >= 0.3 is 0 Å². The number of carbonyl (C=O) groups is 2. The molecule has 0 saturated carbocycles. The lowest BCUT2D eigenvalue weighted by Crippen LogP contribution is -2.21. The third-order valence-corrected chi connectivity index (χ3v) is 3.29. The molecule has 2 amide bonds. The molecule has 6 heteroatoms. The van der Waals surface area contributed by atoms with Crippen molar-refractivity contribution in [1.82, 2.24) is 0 Å². The number of ether oxygens (including phenoxy) is 1. The Hall–Kier alpha value is -2.53. The Bertz CT molecular complexity index is 732. The number of hydrogen-bond acceptors (Lipinski definition) is 3. The van der Waals surface area contributed by atoms with Crippen molar-refractivity contribution in [3.8, 4) is 5.75 Å². The molecule has 0 atom stereocenters. The van der Waals surface area contributed by atoms with E-state index in [9.17, 15) is 9.59 Å². The van der Waals surface area contributed by atoms with E-state index in [2.05, 4.69) is 10.6 Å². The Balaban J connectivity index is 1.97. The number of benzene rings is 2. The van der Waals surface area contributed by atoms with Crippen LogP contribution < -0.4 is 15.4 Å². The molecule has 0 bridgehead atoms. The lowest BCUT2D eigenvalue weighted by Gasteiger charge is -2.11. The van der Waals surface area contributed by atoms with Crippen molar-refractivity contribution in [3.05, 3.63) is 53.1 Å². The van der Waals surface area contributed by atoms with E-state index in [1.54, 1.807) is 36.4 Å². The van der Waals surface area contributed by atoms with E-state index in [1.807, 2.05) is 13.0 Å². The van der Waals surface area contributed by atoms with Gasteiger partial charge in [0.25, 0.3) is 0 Å². The summed E-state index contributed by atoms with van der Waals surface area (Å²) in [6, 6.07) is 12.2. The number of hydrogen-bond donors (Lipinski definition) is 2. The van der Waals surface area contributed by atoms with Crippen molar-refractivity contribution < 1.29 is 14.3 Å². The predicted octanol–water partition coefficient (Wildman–Crippen LogP) is 3.62. The lowest BCUT2D eigenvalue weighted by molar-refractivity contribution is -0.123. The van der Waals surface area contributed by atoms with Crippen LogP contribution in [0.5, 0.6) is 5.75 Å². The van der Waals surface area contributed by atoms with Crippen molar-refractivity contribution in [1.29, 1.82) is 0 Å². The number of nitrogens with one attached hydrogen (secondary N) is 2. The summed E-state index contributed by atoms with van der Waals surface area (Å²) < 4.78 is 5.19. The molecule has 0 fully saturated rings. The van der Waals surface area contributed by atoms with Crippen LogP contribution in [0.4, 0.5) is 11.4 Å². The molecule has 2 aromatic rings. The van der Waals surface area contributed by atoms with Crippen molar-refractivity contribution in [3.63, 3.8) is 0 Å². The second-order valence-electron chi connectivity index (χ2n) is 4.99. The van der Waals surface area contributed by atoms with Crippen molar-refractivity contribution in [2.75, 3.05) is 17.7 Å². The third-order valence-electron chi connectivity index (χ3n) is 3.06. The lowest BCUT2D eigenvalue weighted by atomic mass is 10.2. The average Bonchev–Trinajstić information content (AvgIpc) is 2.47. The quantitative estimate of drug-likeness (QED) is 0.822. The van der Waals surface area contributed by atoms with Crippen LogP contribution in [0.3, 0.4) is 0 Å². The zero-order valence-corrected chi connectivity index (χ0v) is 13.6. The maximum absolute atomic E-state index is 12.0. The van der Waals surface area contributed by atoms with E-state index < -0.39 is 11.8 Å². The molecule has 0 heterocycles. The number of amides is 2. The van der Waals surface area contributed by atoms with Crippen LogP contribution in [0, 0.1) is 6.92 Å². The Morgan fingerprint density at radius 2 is 1.83 bits per heavy atom. The number of anilines is 2. The van der Waals surface area contributed by atoms with Gasteiger partial charge in [0.15, 0.2) is 0 Å². The van der Waals surface area contributed by atoms with E-state index >= 15 is 0 Å². The number of methoxy groups -OCH3 is 1. The molecule has 2 rings (SSSR count). The average molecular weight is 333 g/mol. The molecule has 0 aliphatic carbocycles.